The van der Waals surface area contributed by atoms with Crippen LogP contribution in [0.3, 0.4) is 0 Å². The van der Waals surface area contributed by atoms with Gasteiger partial charge in [0, 0.05) is 31.7 Å². The van der Waals surface area contributed by atoms with Crippen LogP contribution in [-0.4, -0.2) is 100.0 Å². The van der Waals surface area contributed by atoms with Gasteiger partial charge in [0.1, 0.15) is 24.3 Å². The number of H-pyrrole nitrogens is 2. The standard InChI is InChI=1S/C44H53F2N7O6Si/c1-23(2)36(50-35(55)19-54)39(56)30-20-60(6,7)21-31(30)40-48-32-15-13-28-16-27(12-14-29(28)38(32)51-40)25-8-10-26(11-9-25)33-18-47-41(49-33)34-17-44(45,46)22-53(34)42(57)37(24(3)4)52-43(58)59-5/h8-16,18,23-24,30-31,34,36-37,54H,17,19-22H2,1-7H3,(H,47,49)(H,48,51)(H,50,55)(H,52,58)/t30?,31-,34+,36+,37+/m1/s1. The van der Waals surface area contributed by atoms with E-state index >= 15 is 0 Å². The number of amides is 3. The number of imidazole rings is 2. The number of ketones is 1. The Morgan fingerprint density at radius 2 is 1.60 bits per heavy atom. The average molecular weight is 842 g/mol. The molecule has 318 valence electrons. The van der Waals surface area contributed by atoms with E-state index in [9.17, 15) is 33.1 Å². The molecule has 3 aromatic carbocycles. The fraction of sp³-hybridized carbons (Fsp3) is 0.455. The number of hydrogen-bond acceptors (Lipinski definition) is 8. The van der Waals surface area contributed by atoms with Crippen molar-refractivity contribution in [2.75, 3.05) is 20.3 Å². The zero-order valence-corrected chi connectivity index (χ0v) is 35.9. The van der Waals surface area contributed by atoms with Crippen LogP contribution in [0, 0.1) is 17.8 Å². The molecule has 2 aliphatic heterocycles. The number of carbonyl (C=O) groups excluding carboxylic acids is 4. The summed E-state index contributed by atoms with van der Waals surface area (Å²) < 4.78 is 34.3. The smallest absolute Gasteiger partial charge is 0.407 e. The van der Waals surface area contributed by atoms with Crippen LogP contribution in [0.5, 0.6) is 0 Å². The Balaban J connectivity index is 1.11. The van der Waals surface area contributed by atoms with Crippen LogP contribution in [0.25, 0.3) is 44.2 Å². The summed E-state index contributed by atoms with van der Waals surface area (Å²) in [5.74, 6) is -4.22. The normalized spacial score (nSPS) is 20.8. The molecule has 2 saturated heterocycles. The first-order chi connectivity index (χ1) is 28.4. The highest BCUT2D eigenvalue weighted by Gasteiger charge is 2.51. The first kappa shape index (κ1) is 42.6. The zero-order valence-electron chi connectivity index (χ0n) is 34.9. The third kappa shape index (κ3) is 8.57. The third-order valence-corrected chi connectivity index (χ3v) is 15.1. The number of nitrogens with one attached hydrogen (secondary N) is 4. The summed E-state index contributed by atoms with van der Waals surface area (Å²) in [4.78, 5) is 69.0. The van der Waals surface area contributed by atoms with Gasteiger partial charge in [0.2, 0.25) is 11.8 Å². The van der Waals surface area contributed by atoms with Crippen molar-refractivity contribution in [2.45, 2.75) is 89.3 Å². The van der Waals surface area contributed by atoms with Crippen LogP contribution < -0.4 is 10.6 Å². The molecule has 13 nitrogen and oxygen atoms in total. The molecule has 5 aromatic rings. The number of hydrogen-bond donors (Lipinski definition) is 5. The van der Waals surface area contributed by atoms with Crippen LogP contribution >= 0.6 is 0 Å². The summed E-state index contributed by atoms with van der Waals surface area (Å²) in [5.41, 5.74) is 5.04. The van der Waals surface area contributed by atoms with Crippen LogP contribution in [0.4, 0.5) is 13.6 Å². The Hall–Kier alpha value is -5.48. The molecule has 5 N–H and O–H groups in total. The highest BCUT2D eigenvalue weighted by atomic mass is 28.3. The SMILES string of the molecule is COC(=O)N[C@H](C(=O)N1CC(F)(F)C[C@H]1c1ncc(-c2ccc(-c3ccc4c(ccc5[nH]c([C@@H]6C[Si](C)(C)CC6C(=O)[C@@H](NC(=O)CO)C(C)C)nc54)c3)cc2)[nH]1)C(C)C. The number of aromatic nitrogens is 4. The van der Waals surface area contributed by atoms with Gasteiger partial charge < -0.3 is 35.3 Å². The van der Waals surface area contributed by atoms with Crippen molar-refractivity contribution >= 4 is 53.6 Å². The molecule has 2 aromatic heterocycles. The summed E-state index contributed by atoms with van der Waals surface area (Å²) in [5, 5.41) is 16.6. The number of methoxy groups -OCH3 is 1. The van der Waals surface area contributed by atoms with Crippen LogP contribution in [-0.2, 0) is 19.1 Å². The molecule has 60 heavy (non-hydrogen) atoms. The van der Waals surface area contributed by atoms with Gasteiger partial charge in [-0.2, -0.15) is 0 Å². The molecule has 2 fully saturated rings. The number of carbonyl (C=O) groups is 4. The van der Waals surface area contributed by atoms with E-state index in [-0.39, 0.29) is 35.3 Å². The maximum atomic E-state index is 14.8. The van der Waals surface area contributed by atoms with Gasteiger partial charge in [0.05, 0.1) is 48.7 Å². The van der Waals surface area contributed by atoms with E-state index in [0.717, 1.165) is 61.3 Å². The first-order valence-electron chi connectivity index (χ1n) is 20.4. The number of alkyl carbamates (subject to hydrolysis) is 1. The topological polar surface area (TPSA) is 182 Å². The number of aliphatic hydroxyl groups is 1. The lowest BCUT2D eigenvalue weighted by atomic mass is 9.84. The quantitative estimate of drug-likeness (QED) is 0.0819. The average Bonchev–Trinajstić information content (AvgIpc) is 4.01. The fourth-order valence-corrected chi connectivity index (χ4v) is 12.5. The molecule has 5 atom stereocenters. The molecule has 3 amide bonds. The minimum absolute atomic E-state index is 0.00736. The summed E-state index contributed by atoms with van der Waals surface area (Å²) in [6.45, 7) is 10.4. The van der Waals surface area contributed by atoms with E-state index < -0.39 is 69.6 Å². The largest absolute Gasteiger partial charge is 0.453 e. The number of aromatic amines is 2. The number of Topliss-reactive ketones (excluding diaryl/α,β-unsaturated/α-hetero) is 1. The van der Waals surface area contributed by atoms with E-state index in [1.807, 2.05) is 56.3 Å². The molecule has 0 radical (unpaired) electrons. The van der Waals surface area contributed by atoms with E-state index in [0.29, 0.717) is 5.69 Å². The number of halogens is 2. The molecule has 2 aliphatic rings. The summed E-state index contributed by atoms with van der Waals surface area (Å²) in [7, 11) is -0.576. The highest BCUT2D eigenvalue weighted by Crippen LogP contribution is 2.47. The second-order valence-electron chi connectivity index (χ2n) is 17.8. The van der Waals surface area contributed by atoms with Gasteiger partial charge in [-0.15, -0.1) is 0 Å². The fourth-order valence-electron chi connectivity index (χ4n) is 9.00. The number of rotatable bonds is 12. The number of fused-ring (bicyclic) bond motifs is 3. The first-order valence-corrected chi connectivity index (χ1v) is 23.8. The number of likely N-dealkylation sites (tertiary alicyclic amines) is 1. The second-order valence-corrected chi connectivity index (χ2v) is 23.0. The van der Waals surface area contributed by atoms with Gasteiger partial charge in [-0.3, -0.25) is 14.4 Å². The van der Waals surface area contributed by atoms with E-state index in [4.69, 9.17) is 4.98 Å². The molecule has 0 saturated carbocycles. The lowest BCUT2D eigenvalue weighted by molar-refractivity contribution is -0.136. The Morgan fingerprint density at radius 1 is 0.917 bits per heavy atom. The highest BCUT2D eigenvalue weighted by molar-refractivity contribution is 6.78. The van der Waals surface area contributed by atoms with Crippen molar-refractivity contribution in [3.8, 4) is 22.4 Å². The Labute approximate surface area is 348 Å². The van der Waals surface area contributed by atoms with Gasteiger partial charge in [-0.1, -0.05) is 83.3 Å². The second kappa shape index (κ2) is 16.5. The molecule has 0 bridgehead atoms. The van der Waals surface area contributed by atoms with E-state index in [1.165, 1.54) is 7.11 Å². The Kier molecular flexibility index (Phi) is 11.7. The van der Waals surface area contributed by atoms with Crippen molar-refractivity contribution < 1.29 is 37.8 Å². The van der Waals surface area contributed by atoms with Crippen molar-refractivity contribution in [2.24, 2.45) is 17.8 Å². The van der Waals surface area contributed by atoms with Gasteiger partial charge in [0.15, 0.2) is 5.78 Å². The van der Waals surface area contributed by atoms with Gasteiger partial charge in [0.25, 0.3) is 5.92 Å². The van der Waals surface area contributed by atoms with Gasteiger partial charge in [-0.05, 0) is 58.1 Å². The van der Waals surface area contributed by atoms with Crippen molar-refractivity contribution in [1.82, 2.24) is 35.5 Å². The molecule has 16 heteroatoms. The number of alkyl halides is 2. The number of benzene rings is 3. The molecular weight excluding hydrogens is 789 g/mol. The minimum Gasteiger partial charge on any atom is -0.453 e. The van der Waals surface area contributed by atoms with Crippen molar-refractivity contribution in [3.63, 3.8) is 0 Å². The van der Waals surface area contributed by atoms with Gasteiger partial charge >= 0.3 is 6.09 Å². The van der Waals surface area contributed by atoms with Gasteiger partial charge in [-0.25, -0.2) is 23.5 Å². The number of nitrogens with zero attached hydrogens (tertiary/aromatic N) is 3. The lowest BCUT2D eigenvalue weighted by Crippen LogP contribution is -2.51. The van der Waals surface area contributed by atoms with Crippen LogP contribution in [0.1, 0.15) is 57.7 Å². The maximum absolute atomic E-state index is 14.8. The Bertz CT molecular complexity index is 2430. The maximum Gasteiger partial charge on any atom is 0.407 e. The molecular formula is C44H53F2N7O6Si. The van der Waals surface area contributed by atoms with Crippen molar-refractivity contribution in [3.05, 3.63) is 72.4 Å². The van der Waals surface area contributed by atoms with E-state index in [2.05, 4.69) is 55.5 Å². The van der Waals surface area contributed by atoms with Crippen molar-refractivity contribution in [1.29, 1.82) is 0 Å². The lowest BCUT2D eigenvalue weighted by Gasteiger charge is -2.29. The number of aliphatic hydroxyl groups excluding tert-OH is 1. The molecule has 0 aliphatic carbocycles. The van der Waals surface area contributed by atoms with Crippen LogP contribution in [0.15, 0.2) is 60.8 Å². The van der Waals surface area contributed by atoms with Crippen LogP contribution in [0.2, 0.25) is 25.2 Å². The monoisotopic (exact) mass is 841 g/mol. The summed E-state index contributed by atoms with van der Waals surface area (Å²) >= 11 is 0. The van der Waals surface area contributed by atoms with E-state index in [1.54, 1.807) is 20.0 Å². The molecule has 7 rings (SSSR count). The zero-order chi connectivity index (χ0) is 43.3. The minimum atomic E-state index is -3.13. The summed E-state index contributed by atoms with van der Waals surface area (Å²) in [6, 6.07) is 17.0. The Morgan fingerprint density at radius 3 is 2.27 bits per heavy atom. The predicted molar refractivity (Wildman–Crippen MR) is 227 cm³/mol. The summed E-state index contributed by atoms with van der Waals surface area (Å²) in [6.07, 6.45) is 0.148. The number of ether oxygens (including phenoxy) is 1. The molecule has 4 heterocycles. The molecule has 0 spiro atoms. The molecule has 1 unspecified atom stereocenters. The predicted octanol–water partition coefficient (Wildman–Crippen LogP) is 7.19. The third-order valence-electron chi connectivity index (χ3n) is 12.1.